The van der Waals surface area contributed by atoms with Gasteiger partial charge >= 0.3 is 11.9 Å². The molecule has 0 aromatic heterocycles. The van der Waals surface area contributed by atoms with Crippen LogP contribution in [0.5, 0.6) is 0 Å². The Kier molecular flexibility index (Phi) is 7.49. The number of rotatable bonds is 9. The van der Waals surface area contributed by atoms with Gasteiger partial charge in [0.15, 0.2) is 0 Å². The van der Waals surface area contributed by atoms with Gasteiger partial charge in [-0.3, -0.25) is 15.4 Å². The zero-order chi connectivity index (χ0) is 12.6. The van der Waals surface area contributed by atoms with Crippen LogP contribution in [0.3, 0.4) is 0 Å². The Hall–Kier alpha value is -1.14. The van der Waals surface area contributed by atoms with Gasteiger partial charge in [-0.1, -0.05) is 19.8 Å². The molecule has 0 fully saturated rings. The smallest absolute Gasteiger partial charge is 0.322 e. The molecule has 0 aliphatic heterocycles. The van der Waals surface area contributed by atoms with Crippen molar-refractivity contribution in [3.05, 3.63) is 0 Å². The average molecular weight is 232 g/mol. The average Bonchev–Trinajstić information content (AvgIpc) is 2.17. The number of hydrogen-bond acceptors (Lipinski definition) is 4. The van der Waals surface area contributed by atoms with Gasteiger partial charge in [0.1, 0.15) is 6.04 Å². The number of hydrogen-bond donors (Lipinski definition) is 3. The molecule has 16 heavy (non-hydrogen) atoms. The molecular formula is C10H20N2O4. The zero-order valence-electron chi connectivity index (χ0n) is 9.56. The minimum absolute atomic E-state index is 0.0350. The number of hydrazine groups is 1. The lowest BCUT2D eigenvalue weighted by atomic mass is 10.1. The second kappa shape index (κ2) is 8.06. The first kappa shape index (κ1) is 14.9. The highest BCUT2D eigenvalue weighted by Crippen LogP contribution is 2.06. The highest BCUT2D eigenvalue weighted by atomic mass is 16.4. The minimum Gasteiger partial charge on any atom is -0.481 e. The number of carboxylic acids is 2. The molecule has 6 nitrogen and oxygen atoms in total. The minimum atomic E-state index is -1.07. The monoisotopic (exact) mass is 232 g/mol. The van der Waals surface area contributed by atoms with Crippen LogP contribution in [0.4, 0.5) is 0 Å². The number of aliphatic carboxylic acids is 2. The third-order valence-electron chi connectivity index (χ3n) is 2.34. The predicted molar refractivity (Wildman–Crippen MR) is 58.7 cm³/mol. The standard InChI is InChI=1S/C10H20N2O4/c1-2-3-4-7-12(11)8(10(15)16)5-6-9(13)14/h8H,2-7,11H2,1H3,(H,13,14)(H,15,16). The summed E-state index contributed by atoms with van der Waals surface area (Å²) in [5, 5.41) is 18.6. The molecule has 1 unspecified atom stereocenters. The lowest BCUT2D eigenvalue weighted by Gasteiger charge is -2.23. The molecule has 0 spiro atoms. The fourth-order valence-corrected chi connectivity index (χ4v) is 1.39. The summed E-state index contributed by atoms with van der Waals surface area (Å²) < 4.78 is 0. The first-order valence-electron chi connectivity index (χ1n) is 5.45. The van der Waals surface area contributed by atoms with Crippen LogP contribution in [-0.2, 0) is 9.59 Å². The molecule has 6 heteroatoms. The molecule has 94 valence electrons. The third kappa shape index (κ3) is 6.36. The van der Waals surface area contributed by atoms with Gasteiger partial charge in [-0.2, -0.15) is 0 Å². The summed E-state index contributed by atoms with van der Waals surface area (Å²) in [5.74, 6) is 3.53. The van der Waals surface area contributed by atoms with Crippen LogP contribution >= 0.6 is 0 Å². The van der Waals surface area contributed by atoms with Crippen molar-refractivity contribution in [2.75, 3.05) is 6.54 Å². The fourth-order valence-electron chi connectivity index (χ4n) is 1.39. The molecule has 0 saturated carbocycles. The van der Waals surface area contributed by atoms with Gasteiger partial charge in [0.2, 0.25) is 0 Å². The highest BCUT2D eigenvalue weighted by molar-refractivity contribution is 5.74. The maximum atomic E-state index is 10.9. The Labute approximate surface area is 95.0 Å². The topological polar surface area (TPSA) is 104 Å². The fraction of sp³-hybridized carbons (Fsp3) is 0.800. The zero-order valence-corrected chi connectivity index (χ0v) is 9.56. The van der Waals surface area contributed by atoms with Crippen LogP contribution in [0.25, 0.3) is 0 Å². The number of nitrogens with two attached hydrogens (primary N) is 1. The summed E-state index contributed by atoms with van der Waals surface area (Å²) in [6, 6.07) is -0.909. The van der Waals surface area contributed by atoms with Gasteiger partial charge in [0.25, 0.3) is 0 Å². The molecule has 1 atom stereocenters. The lowest BCUT2D eigenvalue weighted by molar-refractivity contribution is -0.144. The maximum absolute atomic E-state index is 10.9. The van der Waals surface area contributed by atoms with E-state index in [0.717, 1.165) is 19.3 Å². The first-order chi connectivity index (χ1) is 7.49. The van der Waals surface area contributed by atoms with Crippen molar-refractivity contribution in [3.63, 3.8) is 0 Å². The first-order valence-corrected chi connectivity index (χ1v) is 5.45. The van der Waals surface area contributed by atoms with Crippen molar-refractivity contribution in [3.8, 4) is 0 Å². The van der Waals surface area contributed by atoms with E-state index in [1.807, 2.05) is 6.92 Å². The Morgan fingerprint density at radius 2 is 1.94 bits per heavy atom. The molecule has 0 aliphatic carbocycles. The van der Waals surface area contributed by atoms with Crippen molar-refractivity contribution in [2.24, 2.45) is 5.84 Å². The molecule has 0 aliphatic rings. The van der Waals surface area contributed by atoms with E-state index in [1.165, 1.54) is 5.01 Å². The van der Waals surface area contributed by atoms with Crippen molar-refractivity contribution in [2.45, 2.75) is 45.1 Å². The van der Waals surface area contributed by atoms with Gasteiger partial charge in [-0.05, 0) is 12.8 Å². The van der Waals surface area contributed by atoms with Gasteiger partial charge in [-0.25, -0.2) is 5.01 Å². The molecule has 0 rings (SSSR count). The van der Waals surface area contributed by atoms with E-state index >= 15 is 0 Å². The molecule has 0 radical (unpaired) electrons. The van der Waals surface area contributed by atoms with E-state index in [1.54, 1.807) is 0 Å². The van der Waals surface area contributed by atoms with E-state index in [9.17, 15) is 9.59 Å². The molecule has 0 amide bonds. The summed E-state index contributed by atoms with van der Waals surface area (Å²) in [7, 11) is 0. The van der Waals surface area contributed by atoms with Crippen LogP contribution in [0.1, 0.15) is 39.0 Å². The summed E-state index contributed by atoms with van der Waals surface area (Å²) in [6.07, 6.45) is 2.69. The van der Waals surface area contributed by atoms with Gasteiger partial charge < -0.3 is 10.2 Å². The molecule has 0 saturated heterocycles. The number of carbonyl (C=O) groups is 2. The van der Waals surface area contributed by atoms with Gasteiger partial charge in [0.05, 0.1) is 0 Å². The van der Waals surface area contributed by atoms with E-state index in [4.69, 9.17) is 16.1 Å². The van der Waals surface area contributed by atoms with Crippen LogP contribution in [-0.4, -0.2) is 39.7 Å². The second-order valence-electron chi connectivity index (χ2n) is 3.73. The van der Waals surface area contributed by atoms with Gasteiger partial charge in [-0.15, -0.1) is 0 Å². The van der Waals surface area contributed by atoms with Crippen molar-refractivity contribution in [1.29, 1.82) is 0 Å². The van der Waals surface area contributed by atoms with Crippen LogP contribution < -0.4 is 5.84 Å². The summed E-state index contributed by atoms with van der Waals surface area (Å²) in [4.78, 5) is 21.2. The van der Waals surface area contributed by atoms with Crippen molar-refractivity contribution < 1.29 is 19.8 Å². The Morgan fingerprint density at radius 3 is 2.38 bits per heavy atom. The van der Waals surface area contributed by atoms with Crippen molar-refractivity contribution in [1.82, 2.24) is 5.01 Å². The largest absolute Gasteiger partial charge is 0.481 e. The number of carboxylic acid groups (broad SMARTS) is 2. The Bertz CT molecular complexity index is 233. The van der Waals surface area contributed by atoms with E-state index in [0.29, 0.717) is 6.54 Å². The molecular weight excluding hydrogens is 212 g/mol. The molecule has 0 aromatic rings. The Morgan fingerprint density at radius 1 is 1.31 bits per heavy atom. The van der Waals surface area contributed by atoms with Crippen LogP contribution in [0.15, 0.2) is 0 Å². The lowest BCUT2D eigenvalue weighted by Crippen LogP contribution is -2.46. The van der Waals surface area contributed by atoms with E-state index in [2.05, 4.69) is 0 Å². The number of nitrogens with zero attached hydrogens (tertiary/aromatic N) is 1. The van der Waals surface area contributed by atoms with Gasteiger partial charge in [0, 0.05) is 13.0 Å². The Balaban J connectivity index is 4.08. The predicted octanol–water partition coefficient (Wildman–Crippen LogP) is 0.670. The number of unbranched alkanes of at least 4 members (excludes halogenated alkanes) is 2. The highest BCUT2D eigenvalue weighted by Gasteiger charge is 2.23. The SMILES string of the molecule is CCCCCN(N)C(CCC(=O)O)C(=O)O. The second-order valence-corrected chi connectivity index (χ2v) is 3.73. The normalized spacial score (nSPS) is 12.7. The van der Waals surface area contributed by atoms with E-state index < -0.39 is 18.0 Å². The van der Waals surface area contributed by atoms with Crippen LogP contribution in [0.2, 0.25) is 0 Å². The quantitative estimate of drug-likeness (QED) is 0.306. The molecule has 0 bridgehead atoms. The molecule has 0 heterocycles. The van der Waals surface area contributed by atoms with Crippen LogP contribution in [0, 0.1) is 0 Å². The summed E-state index contributed by atoms with van der Waals surface area (Å²) in [6.45, 7) is 2.52. The third-order valence-corrected chi connectivity index (χ3v) is 2.34. The molecule has 4 N–H and O–H groups in total. The summed E-state index contributed by atoms with van der Waals surface area (Å²) >= 11 is 0. The maximum Gasteiger partial charge on any atom is 0.322 e. The molecule has 0 aromatic carbocycles. The summed E-state index contributed by atoms with van der Waals surface area (Å²) in [5.41, 5.74) is 0. The van der Waals surface area contributed by atoms with E-state index in [-0.39, 0.29) is 12.8 Å². The van der Waals surface area contributed by atoms with Crippen molar-refractivity contribution >= 4 is 11.9 Å².